The second-order valence-electron chi connectivity index (χ2n) is 4.78. The average molecular weight is 298 g/mol. The number of carboxylic acid groups (broad SMARTS) is 1. The van der Waals surface area contributed by atoms with Gasteiger partial charge in [-0.05, 0) is 32.3 Å². The maximum absolute atomic E-state index is 11.9. The lowest BCUT2D eigenvalue weighted by Gasteiger charge is -2.16. The van der Waals surface area contributed by atoms with Crippen molar-refractivity contribution in [2.75, 3.05) is 5.32 Å². The molecular formula is C14H22N2O3S. The first-order valence-corrected chi connectivity index (χ1v) is 7.63. The van der Waals surface area contributed by atoms with Crippen molar-refractivity contribution >= 4 is 28.3 Å². The summed E-state index contributed by atoms with van der Waals surface area (Å²) in [6.45, 7) is 7.69. The van der Waals surface area contributed by atoms with Gasteiger partial charge in [0.05, 0.1) is 5.56 Å². The topological polar surface area (TPSA) is 78.4 Å². The standard InChI is InChI=1S/C14H22N2O3S/c1-5-7-10(6-2)15-14(19)16-12-11(13(17)18)8(3)9(4)20-12/h10H,5-7H2,1-4H3,(H,17,18)(H2,15,16,19). The zero-order chi connectivity index (χ0) is 15.3. The number of aryl methyl sites for hydroxylation is 1. The Morgan fingerprint density at radius 1 is 1.30 bits per heavy atom. The summed E-state index contributed by atoms with van der Waals surface area (Å²) in [6, 6.07) is -0.218. The first-order valence-electron chi connectivity index (χ1n) is 6.81. The van der Waals surface area contributed by atoms with Gasteiger partial charge in [0.2, 0.25) is 0 Å². The largest absolute Gasteiger partial charge is 0.478 e. The maximum atomic E-state index is 11.9. The lowest BCUT2D eigenvalue weighted by atomic mass is 10.1. The maximum Gasteiger partial charge on any atom is 0.338 e. The molecule has 0 saturated carbocycles. The summed E-state index contributed by atoms with van der Waals surface area (Å²) in [5.74, 6) is -1.01. The Hall–Kier alpha value is -1.56. The highest BCUT2D eigenvalue weighted by atomic mass is 32.1. The van der Waals surface area contributed by atoms with Crippen LogP contribution in [0.5, 0.6) is 0 Å². The number of amides is 2. The smallest absolute Gasteiger partial charge is 0.338 e. The molecule has 0 aromatic carbocycles. The van der Waals surface area contributed by atoms with Crippen LogP contribution in [0.1, 0.15) is 53.9 Å². The highest BCUT2D eigenvalue weighted by molar-refractivity contribution is 7.16. The van der Waals surface area contributed by atoms with E-state index in [9.17, 15) is 14.7 Å². The minimum atomic E-state index is -1.01. The van der Waals surface area contributed by atoms with Crippen LogP contribution in [0.2, 0.25) is 0 Å². The lowest BCUT2D eigenvalue weighted by Crippen LogP contribution is -2.37. The molecule has 0 saturated heterocycles. The molecule has 0 aliphatic heterocycles. The monoisotopic (exact) mass is 298 g/mol. The molecule has 0 aliphatic rings. The van der Waals surface area contributed by atoms with Gasteiger partial charge in [-0.25, -0.2) is 9.59 Å². The van der Waals surface area contributed by atoms with Gasteiger partial charge in [0, 0.05) is 10.9 Å². The summed E-state index contributed by atoms with van der Waals surface area (Å²) in [7, 11) is 0. The molecule has 112 valence electrons. The molecule has 0 spiro atoms. The zero-order valence-corrected chi connectivity index (χ0v) is 13.2. The van der Waals surface area contributed by atoms with Gasteiger partial charge >= 0.3 is 12.0 Å². The van der Waals surface area contributed by atoms with Crippen LogP contribution >= 0.6 is 11.3 Å². The van der Waals surface area contributed by atoms with Gasteiger partial charge in [0.25, 0.3) is 0 Å². The van der Waals surface area contributed by atoms with E-state index in [-0.39, 0.29) is 17.6 Å². The van der Waals surface area contributed by atoms with Crippen LogP contribution in [-0.2, 0) is 0 Å². The predicted octanol–water partition coefficient (Wildman–Crippen LogP) is 3.76. The van der Waals surface area contributed by atoms with Crippen molar-refractivity contribution < 1.29 is 14.7 Å². The van der Waals surface area contributed by atoms with Gasteiger partial charge in [-0.2, -0.15) is 0 Å². The molecule has 6 heteroatoms. The summed E-state index contributed by atoms with van der Waals surface area (Å²) in [5.41, 5.74) is 0.893. The van der Waals surface area contributed by atoms with Crippen LogP contribution in [0.3, 0.4) is 0 Å². The number of nitrogens with one attached hydrogen (secondary N) is 2. The number of urea groups is 1. The molecule has 1 aromatic rings. The molecule has 1 heterocycles. The van der Waals surface area contributed by atoms with Crippen LogP contribution < -0.4 is 10.6 Å². The Labute approximate surface area is 123 Å². The number of carbonyl (C=O) groups excluding carboxylic acids is 1. The van der Waals surface area contributed by atoms with Crippen molar-refractivity contribution in [1.82, 2.24) is 5.32 Å². The highest BCUT2D eigenvalue weighted by Crippen LogP contribution is 2.32. The average Bonchev–Trinajstić information content (AvgIpc) is 2.63. The Balaban J connectivity index is 2.80. The lowest BCUT2D eigenvalue weighted by molar-refractivity contribution is 0.0697. The fourth-order valence-corrected chi connectivity index (χ4v) is 3.07. The predicted molar refractivity (Wildman–Crippen MR) is 81.9 cm³/mol. The number of hydrogen-bond donors (Lipinski definition) is 3. The van der Waals surface area contributed by atoms with Gasteiger partial charge < -0.3 is 10.4 Å². The normalized spacial score (nSPS) is 12.0. The van der Waals surface area contributed by atoms with Crippen LogP contribution in [0, 0.1) is 13.8 Å². The third-order valence-electron chi connectivity index (χ3n) is 3.29. The van der Waals surface area contributed by atoms with E-state index in [0.717, 1.165) is 24.1 Å². The number of anilines is 1. The molecule has 0 radical (unpaired) electrons. The molecule has 0 fully saturated rings. The third-order valence-corrected chi connectivity index (χ3v) is 4.41. The number of aromatic carboxylic acids is 1. The second-order valence-corrected chi connectivity index (χ2v) is 6.01. The Bertz CT molecular complexity index is 497. The summed E-state index contributed by atoms with van der Waals surface area (Å²) in [5, 5.41) is 15.2. The van der Waals surface area contributed by atoms with E-state index in [2.05, 4.69) is 17.6 Å². The second kappa shape index (κ2) is 7.28. The van der Waals surface area contributed by atoms with Gasteiger partial charge in [-0.3, -0.25) is 5.32 Å². The highest BCUT2D eigenvalue weighted by Gasteiger charge is 2.20. The molecule has 1 unspecified atom stereocenters. The van der Waals surface area contributed by atoms with E-state index in [0.29, 0.717) is 10.6 Å². The number of carbonyl (C=O) groups is 2. The minimum absolute atomic E-state index is 0.121. The minimum Gasteiger partial charge on any atom is -0.478 e. The zero-order valence-electron chi connectivity index (χ0n) is 12.4. The Kier molecular flexibility index (Phi) is 6.01. The molecule has 1 aromatic heterocycles. The van der Waals surface area contributed by atoms with E-state index < -0.39 is 5.97 Å². The molecule has 1 rings (SSSR count). The molecule has 2 amide bonds. The molecule has 0 bridgehead atoms. The molecule has 20 heavy (non-hydrogen) atoms. The molecule has 0 aliphatic carbocycles. The first kappa shape index (κ1) is 16.5. The van der Waals surface area contributed by atoms with Gasteiger partial charge in [-0.1, -0.05) is 20.3 Å². The summed E-state index contributed by atoms with van der Waals surface area (Å²) in [6.07, 6.45) is 2.77. The Morgan fingerprint density at radius 3 is 2.45 bits per heavy atom. The van der Waals surface area contributed by atoms with Gasteiger partial charge in [-0.15, -0.1) is 11.3 Å². The van der Waals surface area contributed by atoms with Gasteiger partial charge in [0.15, 0.2) is 0 Å². The first-order chi connectivity index (χ1) is 9.40. The van der Waals surface area contributed by atoms with E-state index >= 15 is 0 Å². The number of hydrogen-bond acceptors (Lipinski definition) is 3. The molecular weight excluding hydrogens is 276 g/mol. The van der Waals surface area contributed by atoms with E-state index in [1.54, 1.807) is 6.92 Å². The quantitative estimate of drug-likeness (QED) is 0.748. The van der Waals surface area contributed by atoms with Crippen LogP contribution in [0.4, 0.5) is 9.80 Å². The van der Waals surface area contributed by atoms with Crippen molar-refractivity contribution in [3.05, 3.63) is 16.0 Å². The Morgan fingerprint density at radius 2 is 1.95 bits per heavy atom. The van der Waals surface area contributed by atoms with Crippen molar-refractivity contribution in [3.63, 3.8) is 0 Å². The fourth-order valence-electron chi connectivity index (χ4n) is 2.02. The van der Waals surface area contributed by atoms with Crippen LogP contribution in [-0.4, -0.2) is 23.1 Å². The summed E-state index contributed by atoms with van der Waals surface area (Å²) >= 11 is 1.29. The summed E-state index contributed by atoms with van der Waals surface area (Å²) in [4.78, 5) is 24.1. The van der Waals surface area contributed by atoms with E-state index in [4.69, 9.17) is 0 Å². The number of rotatable bonds is 6. The van der Waals surface area contributed by atoms with E-state index in [1.807, 2.05) is 13.8 Å². The third kappa shape index (κ3) is 3.96. The number of carboxylic acids is 1. The fraction of sp³-hybridized carbons (Fsp3) is 0.571. The van der Waals surface area contributed by atoms with Gasteiger partial charge in [0.1, 0.15) is 5.00 Å². The number of thiophene rings is 1. The molecule has 5 nitrogen and oxygen atoms in total. The summed E-state index contributed by atoms with van der Waals surface area (Å²) < 4.78 is 0. The molecule has 1 atom stereocenters. The van der Waals surface area contributed by atoms with E-state index in [1.165, 1.54) is 11.3 Å². The van der Waals surface area contributed by atoms with Crippen LogP contribution in [0.15, 0.2) is 0 Å². The van der Waals surface area contributed by atoms with Crippen molar-refractivity contribution in [3.8, 4) is 0 Å². The van der Waals surface area contributed by atoms with Crippen molar-refractivity contribution in [2.24, 2.45) is 0 Å². The van der Waals surface area contributed by atoms with Crippen LogP contribution in [0.25, 0.3) is 0 Å². The molecule has 3 N–H and O–H groups in total. The van der Waals surface area contributed by atoms with Crippen molar-refractivity contribution in [2.45, 2.75) is 53.0 Å². The van der Waals surface area contributed by atoms with Crippen molar-refractivity contribution in [1.29, 1.82) is 0 Å². The SMILES string of the molecule is CCCC(CC)NC(=O)Nc1sc(C)c(C)c1C(=O)O.